The van der Waals surface area contributed by atoms with Crippen LogP contribution in [0.4, 0.5) is 0 Å². The van der Waals surface area contributed by atoms with Crippen molar-refractivity contribution in [2.75, 3.05) is 0 Å². The number of hydrogen-bond acceptors (Lipinski definition) is 18. The Morgan fingerprint density at radius 2 is 0.577 bits per heavy atom. The van der Waals surface area contributed by atoms with E-state index in [1.54, 1.807) is 0 Å². The third-order valence-electron chi connectivity index (χ3n) is 0.745. The summed E-state index contributed by atoms with van der Waals surface area (Å²) in [5.41, 5.74) is 0. The van der Waals surface area contributed by atoms with Gasteiger partial charge in [-0.25, -0.2) is 19.4 Å². The second kappa shape index (κ2) is 14.3. The van der Waals surface area contributed by atoms with Crippen molar-refractivity contribution in [3.8, 4) is 0 Å². The van der Waals surface area contributed by atoms with Gasteiger partial charge in [0.2, 0.25) is 0 Å². The molecule has 150 valence electrons. The van der Waals surface area contributed by atoms with Gasteiger partial charge in [0.1, 0.15) is 0 Å². The van der Waals surface area contributed by atoms with Crippen LogP contribution in [-0.4, -0.2) is 36.7 Å². The third-order valence-corrected chi connectivity index (χ3v) is 0.745. The van der Waals surface area contributed by atoms with E-state index in [4.69, 9.17) is 30.6 Å². The average molecular weight is 440 g/mol. The summed E-state index contributed by atoms with van der Waals surface area (Å²) >= 11 is 0. The number of rotatable bonds is 8. The van der Waals surface area contributed by atoms with E-state index in [9.17, 15) is 40.5 Å². The second-order valence-electron chi connectivity index (χ2n) is 2.21. The van der Waals surface area contributed by atoms with Crippen LogP contribution in [0.25, 0.3) is 0 Å². The summed E-state index contributed by atoms with van der Waals surface area (Å²) in [6, 6.07) is 0. The van der Waals surface area contributed by atoms with Crippen molar-refractivity contribution in [2.24, 2.45) is 0 Å². The van der Waals surface area contributed by atoms with E-state index < -0.39 is 36.7 Å². The van der Waals surface area contributed by atoms with E-state index in [0.29, 0.717) is 0 Å². The molecule has 0 saturated heterocycles. The van der Waals surface area contributed by atoms with Crippen molar-refractivity contribution in [3.63, 3.8) is 0 Å². The van der Waals surface area contributed by atoms with E-state index >= 15 is 0 Å². The Bertz CT molecular complexity index is 424. The summed E-state index contributed by atoms with van der Waals surface area (Å²) in [6.07, 6.45) is -4.21. The largest absolute Gasteiger partial charge is 2.00 e. The maximum absolute atomic E-state index is 9.83. The molecular weight excluding hydrogens is 440 g/mol. The number of nitrogens with zero attached hydrogens (tertiary/aromatic N) is 6. The van der Waals surface area contributed by atoms with Gasteiger partial charge in [0, 0.05) is 0 Å². The normalized spacial score (nSPS) is 8.31. The zero-order valence-corrected chi connectivity index (χ0v) is 12.0. The van der Waals surface area contributed by atoms with Crippen LogP contribution in [-0.2, 0) is 36.4 Å². The molecule has 0 heterocycles. The molecule has 0 spiro atoms. The van der Waals surface area contributed by atoms with Gasteiger partial charge in [0.15, 0.2) is 0 Å². The zero-order valence-electron chi connectivity index (χ0n) is 10.9. The van der Waals surface area contributed by atoms with Gasteiger partial charge in [-0.1, -0.05) is 0 Å². The topological polar surface area (TPSA) is 342 Å². The van der Waals surface area contributed by atoms with Gasteiger partial charge in [-0.05, 0) is 0 Å². The molecule has 24 nitrogen and oxygen atoms in total. The molecule has 0 saturated carbocycles. The molecular formula is CFeN6O18. The molecule has 0 rings (SSSR count). The van der Waals surface area contributed by atoms with Gasteiger partial charge in [0.05, 0.1) is 10.2 Å². The molecule has 0 aliphatic heterocycles. The van der Waals surface area contributed by atoms with Gasteiger partial charge in [0.25, 0.3) is 0 Å². The summed E-state index contributed by atoms with van der Waals surface area (Å²) in [7, 11) is 0. The Balaban J connectivity index is -0.000000226. The van der Waals surface area contributed by atoms with Crippen LogP contribution < -0.4 is 0 Å². The summed E-state index contributed by atoms with van der Waals surface area (Å²) in [5.74, 6) is 0. The molecule has 26 heavy (non-hydrogen) atoms. The van der Waals surface area contributed by atoms with E-state index in [1.807, 2.05) is 0 Å². The molecule has 0 radical (unpaired) electrons. The van der Waals surface area contributed by atoms with Crippen LogP contribution >= 0.6 is 0 Å². The molecule has 0 aromatic rings. The van der Waals surface area contributed by atoms with Crippen molar-refractivity contribution in [1.82, 2.24) is 0 Å². The first-order valence-electron chi connectivity index (χ1n) is 4.10. The Morgan fingerprint density at radius 3 is 0.654 bits per heavy atom. The van der Waals surface area contributed by atoms with Gasteiger partial charge < -0.3 is 30.6 Å². The molecule has 0 atom stereocenters. The molecule has 25 heteroatoms. The molecule has 0 bridgehead atoms. The fraction of sp³-hybridized carbons (Fsp3) is 1.00. The molecule has 0 aliphatic rings. The Labute approximate surface area is 145 Å². The maximum atomic E-state index is 9.83. The van der Waals surface area contributed by atoms with Crippen LogP contribution in [0.1, 0.15) is 0 Å². The molecule has 0 aromatic heterocycles. The molecule has 0 aromatic carbocycles. The second-order valence-corrected chi connectivity index (χ2v) is 2.21. The van der Waals surface area contributed by atoms with E-state index in [2.05, 4.69) is 19.4 Å². The van der Waals surface area contributed by atoms with E-state index in [-0.39, 0.29) is 17.1 Å². The first-order chi connectivity index (χ1) is 11.1. The van der Waals surface area contributed by atoms with Gasteiger partial charge >= 0.3 is 43.6 Å². The molecule has 0 amide bonds. The quantitative estimate of drug-likeness (QED) is 0.169. The summed E-state index contributed by atoms with van der Waals surface area (Å²) in [4.78, 5) is 68.2. The molecule has 0 fully saturated rings. The van der Waals surface area contributed by atoms with Crippen molar-refractivity contribution in [1.29, 1.82) is 0 Å². The summed E-state index contributed by atoms with van der Waals surface area (Å²) in [6.45, 7) is 0. The van der Waals surface area contributed by atoms with Crippen molar-refractivity contribution in [2.45, 2.75) is 6.16 Å². The fourth-order valence-corrected chi connectivity index (χ4v) is 0.465. The zero-order chi connectivity index (χ0) is 20.8. The average Bonchev–Trinajstić information content (AvgIpc) is 2.20. The van der Waals surface area contributed by atoms with Crippen molar-refractivity contribution < 1.29 is 66.9 Å². The van der Waals surface area contributed by atoms with Crippen LogP contribution in [0.3, 0.4) is 0 Å². The maximum Gasteiger partial charge on any atom is 2.00 e. The smallest absolute Gasteiger partial charge is 0.356 e. The van der Waals surface area contributed by atoms with Crippen LogP contribution in [0.2, 0.25) is 0 Å². The monoisotopic (exact) mass is 440 g/mol. The molecule has 0 aliphatic carbocycles. The molecule has 0 unspecified atom stereocenters. The van der Waals surface area contributed by atoms with Crippen LogP contribution in [0, 0.1) is 71.1 Å². The predicted molar refractivity (Wildman–Crippen MR) is 55.8 cm³/mol. The first-order valence-corrected chi connectivity index (χ1v) is 4.10. The predicted octanol–water partition coefficient (Wildman–Crippen LogP) is -2.05. The van der Waals surface area contributed by atoms with Gasteiger partial charge in [-0.3, -0.25) is 0 Å². The summed E-state index contributed by atoms with van der Waals surface area (Å²) < 4.78 is 0. The van der Waals surface area contributed by atoms with Gasteiger partial charge in [-0.2, -0.15) is 0 Å². The Hall–Kier alpha value is -4.28. The third kappa shape index (κ3) is 28.0. The van der Waals surface area contributed by atoms with Crippen molar-refractivity contribution >= 4 is 0 Å². The summed E-state index contributed by atoms with van der Waals surface area (Å²) in [5, 5.41) is 61.2. The van der Waals surface area contributed by atoms with E-state index in [1.165, 1.54) is 0 Å². The van der Waals surface area contributed by atoms with Crippen LogP contribution in [0.15, 0.2) is 0 Å². The number of hydrogen-bond donors (Lipinski definition) is 0. The van der Waals surface area contributed by atoms with Gasteiger partial charge in [-0.15, -0.1) is 40.5 Å². The Kier molecular flexibility index (Phi) is 16.4. The minimum atomic E-state index is -4.21. The fourth-order valence-electron chi connectivity index (χ4n) is 0.465. The SMILES string of the molecule is O=[N+]([O-])OC(O[N+](=O)[O-])(O[N+](=O)[O-])O[N+](=O)[O-].O=[N+]([O-])[O-].O=[N+]([O-])[O-].[Fe+2]. The first kappa shape index (κ1) is 29.7. The Morgan fingerprint density at radius 1 is 0.462 bits per heavy atom. The molecule has 0 N–H and O–H groups in total. The standard InChI is InChI=1S/CN4O12.Fe.2NO3/c6-2(7)14-1(15-3(8)9,16-4(10)11)17-5(12)13;;2*2-1(3)4/q;+2;2*-1. The minimum Gasteiger partial charge on any atom is -0.356 e. The van der Waals surface area contributed by atoms with E-state index in [0.717, 1.165) is 0 Å². The van der Waals surface area contributed by atoms with Crippen molar-refractivity contribution in [3.05, 3.63) is 71.1 Å². The van der Waals surface area contributed by atoms with Crippen LogP contribution in [0.5, 0.6) is 0 Å². The minimum absolute atomic E-state index is 0.